The molecule has 1 spiro atoms. The van der Waals surface area contributed by atoms with Gasteiger partial charge >= 0.3 is 6.03 Å². The van der Waals surface area contributed by atoms with E-state index in [1.807, 2.05) is 5.32 Å². The molecule has 2 aliphatic heterocycles. The second-order valence-corrected chi connectivity index (χ2v) is 4.69. The van der Waals surface area contributed by atoms with E-state index in [-0.39, 0.29) is 15.7 Å². The van der Waals surface area contributed by atoms with Crippen molar-refractivity contribution in [3.63, 3.8) is 0 Å². The second kappa shape index (κ2) is 3.29. The normalized spacial score (nSPS) is 24.9. The van der Waals surface area contributed by atoms with Crippen LogP contribution in [0.3, 0.4) is 0 Å². The van der Waals surface area contributed by atoms with Crippen molar-refractivity contribution >= 4 is 39.5 Å². The Hall–Kier alpha value is -1.96. The average molecular weight is 314 g/mol. The number of halogens is 2. The van der Waals surface area contributed by atoms with Crippen molar-refractivity contribution in [1.29, 1.82) is 0 Å². The van der Waals surface area contributed by atoms with Gasteiger partial charge in [-0.15, -0.1) is 0 Å². The Morgan fingerprint density at radius 3 is 2.39 bits per heavy atom. The Bertz CT molecular complexity index is 633. The molecule has 2 aliphatic rings. The number of urea groups is 1. The highest BCUT2D eigenvalue weighted by Gasteiger charge is 2.59. The summed E-state index contributed by atoms with van der Waals surface area (Å²) in [6, 6.07) is 1.64. The third-order valence-electron chi connectivity index (χ3n) is 2.95. The maximum atomic E-state index is 13.4. The van der Waals surface area contributed by atoms with Crippen molar-refractivity contribution in [2.75, 3.05) is 5.32 Å². The Kier molecular flexibility index (Phi) is 2.03. The largest absolute Gasteiger partial charge is 0.323 e. The van der Waals surface area contributed by atoms with Gasteiger partial charge in [-0.1, -0.05) is 6.07 Å². The number of anilines is 1. The lowest BCUT2D eigenvalue weighted by atomic mass is 9.91. The van der Waals surface area contributed by atoms with Gasteiger partial charge in [0.1, 0.15) is 5.82 Å². The topological polar surface area (TPSA) is 87.3 Å². The molecule has 1 atom stereocenters. The van der Waals surface area contributed by atoms with E-state index >= 15 is 0 Å². The van der Waals surface area contributed by atoms with Crippen LogP contribution in [0.4, 0.5) is 14.9 Å². The molecule has 92 valence electrons. The van der Waals surface area contributed by atoms with E-state index in [0.29, 0.717) is 0 Å². The highest BCUT2D eigenvalue weighted by atomic mass is 79.9. The van der Waals surface area contributed by atoms with Gasteiger partial charge in [0.15, 0.2) is 0 Å². The molecular formula is C10H5BrFN3O3. The minimum Gasteiger partial charge on any atom is -0.322 e. The summed E-state index contributed by atoms with van der Waals surface area (Å²) >= 11 is 2.99. The molecule has 6 nitrogen and oxygen atoms in total. The third-order valence-corrected chi connectivity index (χ3v) is 3.72. The van der Waals surface area contributed by atoms with E-state index in [4.69, 9.17) is 0 Å². The molecule has 0 radical (unpaired) electrons. The number of amides is 4. The first-order valence-corrected chi connectivity index (χ1v) is 5.69. The molecule has 1 aromatic carbocycles. The SMILES string of the molecule is O=C1NC(=O)C2(N1)C(=O)Nc1c2ccc(F)c1Br. The van der Waals surface area contributed by atoms with Crippen LogP contribution in [0, 0.1) is 5.82 Å². The summed E-state index contributed by atoms with van der Waals surface area (Å²) < 4.78 is 13.4. The first-order chi connectivity index (χ1) is 8.46. The molecule has 0 aromatic heterocycles. The van der Waals surface area contributed by atoms with Gasteiger partial charge in [-0.3, -0.25) is 14.9 Å². The lowest BCUT2D eigenvalue weighted by molar-refractivity contribution is -0.132. The number of imide groups is 1. The fraction of sp³-hybridized carbons (Fsp3) is 0.100. The molecule has 0 saturated carbocycles. The maximum Gasteiger partial charge on any atom is 0.323 e. The van der Waals surface area contributed by atoms with E-state index in [1.165, 1.54) is 6.07 Å². The molecule has 3 rings (SSSR count). The van der Waals surface area contributed by atoms with Crippen molar-refractivity contribution in [1.82, 2.24) is 10.6 Å². The van der Waals surface area contributed by atoms with E-state index < -0.39 is 29.2 Å². The number of nitrogens with one attached hydrogen (secondary N) is 3. The maximum absolute atomic E-state index is 13.4. The number of fused-ring (bicyclic) bond motifs is 2. The van der Waals surface area contributed by atoms with Crippen LogP contribution in [0.25, 0.3) is 0 Å². The Morgan fingerprint density at radius 1 is 1.11 bits per heavy atom. The zero-order chi connectivity index (χ0) is 13.1. The van der Waals surface area contributed by atoms with E-state index in [2.05, 4.69) is 26.6 Å². The smallest absolute Gasteiger partial charge is 0.322 e. The van der Waals surface area contributed by atoms with Gasteiger partial charge in [-0.25, -0.2) is 9.18 Å². The molecule has 1 fully saturated rings. The monoisotopic (exact) mass is 313 g/mol. The highest BCUT2D eigenvalue weighted by molar-refractivity contribution is 9.10. The molecule has 0 bridgehead atoms. The standard InChI is InChI=1S/C10H5BrFN3O3/c11-5-4(12)2-1-3-6(5)13-7(16)10(3)8(17)14-9(18)15-10/h1-2H,(H,13,16)(H2,14,15,17,18). The summed E-state index contributed by atoms with van der Waals surface area (Å²) in [6.07, 6.45) is 0. The third kappa shape index (κ3) is 1.13. The first kappa shape index (κ1) is 11.1. The number of carbonyl (C=O) groups is 3. The molecule has 4 amide bonds. The van der Waals surface area contributed by atoms with Crippen LogP contribution in [0.2, 0.25) is 0 Å². The van der Waals surface area contributed by atoms with Gasteiger partial charge in [0, 0.05) is 5.56 Å². The predicted molar refractivity (Wildman–Crippen MR) is 61.1 cm³/mol. The van der Waals surface area contributed by atoms with E-state index in [0.717, 1.165) is 6.07 Å². The molecule has 18 heavy (non-hydrogen) atoms. The number of carbonyl (C=O) groups excluding carboxylic acids is 3. The lowest BCUT2D eigenvalue weighted by Crippen LogP contribution is -2.49. The van der Waals surface area contributed by atoms with Crippen LogP contribution >= 0.6 is 15.9 Å². The molecule has 1 saturated heterocycles. The zero-order valence-corrected chi connectivity index (χ0v) is 10.2. The minimum absolute atomic E-state index is 0.0409. The van der Waals surface area contributed by atoms with Gasteiger partial charge in [-0.05, 0) is 22.0 Å². The summed E-state index contributed by atoms with van der Waals surface area (Å²) in [6.45, 7) is 0. The Morgan fingerprint density at radius 2 is 1.78 bits per heavy atom. The minimum atomic E-state index is -1.80. The van der Waals surface area contributed by atoms with Gasteiger partial charge < -0.3 is 10.6 Å². The van der Waals surface area contributed by atoms with Gasteiger partial charge in [0.05, 0.1) is 10.2 Å². The van der Waals surface area contributed by atoms with Crippen LogP contribution in [-0.4, -0.2) is 17.8 Å². The zero-order valence-electron chi connectivity index (χ0n) is 8.64. The number of hydrogen-bond acceptors (Lipinski definition) is 3. The fourth-order valence-corrected chi connectivity index (χ4v) is 2.56. The second-order valence-electron chi connectivity index (χ2n) is 3.90. The molecule has 3 N–H and O–H groups in total. The summed E-state index contributed by atoms with van der Waals surface area (Å²) in [5.74, 6) is -2.06. The summed E-state index contributed by atoms with van der Waals surface area (Å²) in [4.78, 5) is 35.0. The van der Waals surface area contributed by atoms with E-state index in [9.17, 15) is 18.8 Å². The van der Waals surface area contributed by atoms with Gasteiger partial charge in [0.25, 0.3) is 11.8 Å². The highest BCUT2D eigenvalue weighted by Crippen LogP contribution is 2.42. The van der Waals surface area contributed by atoms with Crippen molar-refractivity contribution in [3.8, 4) is 0 Å². The lowest BCUT2D eigenvalue weighted by Gasteiger charge is -2.17. The number of benzene rings is 1. The summed E-state index contributed by atoms with van der Waals surface area (Å²) in [7, 11) is 0. The predicted octanol–water partition coefficient (Wildman–Crippen LogP) is 0.575. The van der Waals surface area contributed by atoms with Crippen LogP contribution < -0.4 is 16.0 Å². The van der Waals surface area contributed by atoms with Crippen molar-refractivity contribution in [3.05, 3.63) is 28.0 Å². The van der Waals surface area contributed by atoms with Crippen molar-refractivity contribution in [2.45, 2.75) is 5.54 Å². The fourth-order valence-electron chi connectivity index (χ4n) is 2.12. The molecule has 1 unspecified atom stereocenters. The van der Waals surface area contributed by atoms with Gasteiger partial charge in [0.2, 0.25) is 5.54 Å². The molecular weight excluding hydrogens is 309 g/mol. The average Bonchev–Trinajstić information content (AvgIpc) is 2.75. The number of rotatable bonds is 0. The van der Waals surface area contributed by atoms with Crippen LogP contribution in [-0.2, 0) is 15.1 Å². The molecule has 8 heteroatoms. The quantitative estimate of drug-likeness (QED) is 0.483. The van der Waals surface area contributed by atoms with Gasteiger partial charge in [-0.2, -0.15) is 0 Å². The molecule has 0 aliphatic carbocycles. The molecule has 2 heterocycles. The molecule has 1 aromatic rings. The van der Waals surface area contributed by atoms with E-state index in [1.54, 1.807) is 0 Å². The van der Waals surface area contributed by atoms with Crippen LogP contribution in [0.1, 0.15) is 5.56 Å². The summed E-state index contributed by atoms with van der Waals surface area (Å²) in [5.41, 5.74) is -1.44. The Labute approximate surface area is 108 Å². The van der Waals surface area contributed by atoms with Crippen molar-refractivity contribution < 1.29 is 18.8 Å². The van der Waals surface area contributed by atoms with Crippen LogP contribution in [0.15, 0.2) is 16.6 Å². The number of hydrogen-bond donors (Lipinski definition) is 3. The Balaban J connectivity index is 2.28. The summed E-state index contributed by atoms with van der Waals surface area (Å²) in [5, 5.41) is 6.66. The van der Waals surface area contributed by atoms with Crippen LogP contribution in [0.5, 0.6) is 0 Å². The first-order valence-electron chi connectivity index (χ1n) is 4.90. The van der Waals surface area contributed by atoms with Crippen molar-refractivity contribution in [2.24, 2.45) is 0 Å².